The zero-order valence-corrected chi connectivity index (χ0v) is 17.9. The van der Waals surface area contributed by atoms with Gasteiger partial charge < -0.3 is 15.7 Å². The molecule has 3 aliphatic rings. The van der Waals surface area contributed by atoms with Gasteiger partial charge in [-0.05, 0) is 51.0 Å². The van der Waals surface area contributed by atoms with Crippen LogP contribution in [-0.2, 0) is 6.54 Å². The van der Waals surface area contributed by atoms with E-state index in [4.69, 9.17) is 4.99 Å². The summed E-state index contributed by atoms with van der Waals surface area (Å²) in [5, 5.41) is 17.9. The van der Waals surface area contributed by atoms with Crippen molar-refractivity contribution in [1.82, 2.24) is 15.5 Å². The van der Waals surface area contributed by atoms with Gasteiger partial charge in [0.2, 0.25) is 0 Å². The predicted molar refractivity (Wildman–Crippen MR) is 119 cm³/mol. The molecule has 1 aliphatic carbocycles. The van der Waals surface area contributed by atoms with E-state index in [0.717, 1.165) is 44.7 Å². The van der Waals surface area contributed by atoms with Crippen LogP contribution in [0, 0.1) is 0 Å². The number of hydrogen-bond donors (Lipinski definition) is 3. The summed E-state index contributed by atoms with van der Waals surface area (Å²) in [5.41, 5.74) is 0.824. The molecule has 2 aliphatic heterocycles. The van der Waals surface area contributed by atoms with E-state index in [2.05, 4.69) is 52.8 Å². The van der Waals surface area contributed by atoms with E-state index >= 15 is 0 Å². The summed E-state index contributed by atoms with van der Waals surface area (Å²) < 4.78 is 0. The maximum absolute atomic E-state index is 10.8. The third-order valence-electron chi connectivity index (χ3n) is 7.09. The quantitative estimate of drug-likeness (QED) is 0.508. The predicted octanol–water partition coefficient (Wildman–Crippen LogP) is 3.43. The molecule has 0 amide bonds. The molecule has 0 spiro atoms. The lowest BCUT2D eigenvalue weighted by molar-refractivity contribution is 0.0131. The number of nitrogens with zero attached hydrogens (tertiary/aromatic N) is 2. The number of fused-ring (bicyclic) bond motifs is 2. The Morgan fingerprint density at radius 3 is 2.45 bits per heavy atom. The average molecular weight is 399 g/mol. The van der Waals surface area contributed by atoms with Gasteiger partial charge in [-0.2, -0.15) is 0 Å². The summed E-state index contributed by atoms with van der Waals surface area (Å²) >= 11 is 0. The van der Waals surface area contributed by atoms with Crippen LogP contribution < -0.4 is 10.6 Å². The first-order valence-electron chi connectivity index (χ1n) is 11.7. The largest absolute Gasteiger partial charge is 0.388 e. The highest BCUT2D eigenvalue weighted by molar-refractivity contribution is 5.80. The Kier molecular flexibility index (Phi) is 6.76. The Morgan fingerprint density at radius 1 is 1.10 bits per heavy atom. The normalized spacial score (nSPS) is 29.6. The molecule has 2 unspecified atom stereocenters. The molecule has 2 saturated heterocycles. The summed E-state index contributed by atoms with van der Waals surface area (Å²) in [6.45, 7) is 4.55. The molecule has 4 rings (SSSR count). The molecular weight excluding hydrogens is 360 g/mol. The molecule has 1 aromatic carbocycles. The van der Waals surface area contributed by atoms with E-state index in [1.54, 1.807) is 0 Å². The van der Waals surface area contributed by atoms with Crippen LogP contribution in [0.25, 0.3) is 0 Å². The number of nitrogens with one attached hydrogen (secondary N) is 2. The summed E-state index contributed by atoms with van der Waals surface area (Å²) in [6.07, 6.45) is 10.2. The lowest BCUT2D eigenvalue weighted by Gasteiger charge is -2.39. The van der Waals surface area contributed by atoms with E-state index in [1.165, 1.54) is 37.7 Å². The number of rotatable bonds is 6. The lowest BCUT2D eigenvalue weighted by Crippen LogP contribution is -2.52. The minimum Gasteiger partial charge on any atom is -0.388 e. The van der Waals surface area contributed by atoms with Gasteiger partial charge in [0.25, 0.3) is 0 Å². The molecule has 2 atom stereocenters. The van der Waals surface area contributed by atoms with Crippen molar-refractivity contribution < 1.29 is 5.11 Å². The smallest absolute Gasteiger partial charge is 0.191 e. The fraction of sp³-hybridized carbons (Fsp3) is 0.708. The van der Waals surface area contributed by atoms with Gasteiger partial charge in [0.15, 0.2) is 5.96 Å². The van der Waals surface area contributed by atoms with Crippen molar-refractivity contribution in [3.63, 3.8) is 0 Å². The first-order valence-corrected chi connectivity index (χ1v) is 11.7. The lowest BCUT2D eigenvalue weighted by atomic mass is 9.85. The van der Waals surface area contributed by atoms with E-state index < -0.39 is 5.60 Å². The molecular formula is C24H38N4O. The first-order chi connectivity index (χ1) is 14.1. The van der Waals surface area contributed by atoms with Gasteiger partial charge in [-0.1, -0.05) is 49.6 Å². The van der Waals surface area contributed by atoms with Crippen LogP contribution in [0.5, 0.6) is 0 Å². The SMILES string of the molecule is CCNC(=NCC1(O)CCCCC1)NC1CC2CCC(C1)N2Cc1ccccc1. The number of benzene rings is 1. The summed E-state index contributed by atoms with van der Waals surface area (Å²) in [4.78, 5) is 7.52. The van der Waals surface area contributed by atoms with Crippen LogP contribution in [0.3, 0.4) is 0 Å². The van der Waals surface area contributed by atoms with Crippen molar-refractivity contribution >= 4 is 5.96 Å². The molecule has 5 heteroatoms. The van der Waals surface area contributed by atoms with Crippen molar-refractivity contribution in [2.75, 3.05) is 13.1 Å². The van der Waals surface area contributed by atoms with E-state index in [0.29, 0.717) is 24.7 Å². The number of aliphatic hydroxyl groups is 1. The highest BCUT2D eigenvalue weighted by Gasteiger charge is 2.40. The van der Waals surface area contributed by atoms with Crippen molar-refractivity contribution in [3.8, 4) is 0 Å². The van der Waals surface area contributed by atoms with Gasteiger partial charge in [-0.3, -0.25) is 9.89 Å². The maximum Gasteiger partial charge on any atom is 0.191 e. The second-order valence-corrected chi connectivity index (χ2v) is 9.34. The molecule has 3 N–H and O–H groups in total. The third-order valence-corrected chi connectivity index (χ3v) is 7.09. The van der Waals surface area contributed by atoms with Gasteiger partial charge in [0.05, 0.1) is 12.1 Å². The van der Waals surface area contributed by atoms with Gasteiger partial charge >= 0.3 is 0 Å². The van der Waals surface area contributed by atoms with Crippen LogP contribution >= 0.6 is 0 Å². The summed E-state index contributed by atoms with van der Waals surface area (Å²) in [6, 6.07) is 12.7. The van der Waals surface area contributed by atoms with Crippen LogP contribution in [0.15, 0.2) is 35.3 Å². The Labute approximate surface area is 176 Å². The molecule has 1 aromatic rings. The van der Waals surface area contributed by atoms with Crippen LogP contribution in [0.4, 0.5) is 0 Å². The van der Waals surface area contributed by atoms with Gasteiger partial charge in [-0.25, -0.2) is 0 Å². The number of piperidine rings is 1. The number of aliphatic imine (C=N–C) groups is 1. The standard InChI is InChI=1S/C24H38N4O/c1-2-25-23(26-18-24(29)13-7-4-8-14-24)27-20-15-21-11-12-22(16-20)28(21)17-19-9-5-3-6-10-19/h3,5-6,9-10,20-22,29H,2,4,7-8,11-18H2,1H3,(H2,25,26,27). The Hall–Kier alpha value is -1.59. The van der Waals surface area contributed by atoms with Gasteiger partial charge in [-0.15, -0.1) is 0 Å². The van der Waals surface area contributed by atoms with Crippen molar-refractivity contribution in [2.24, 2.45) is 4.99 Å². The molecule has 1 saturated carbocycles. The van der Waals surface area contributed by atoms with E-state index in [9.17, 15) is 5.11 Å². The minimum atomic E-state index is -0.599. The Bertz CT molecular complexity index is 657. The van der Waals surface area contributed by atoms with Crippen molar-refractivity contribution in [2.45, 2.75) is 95.0 Å². The molecule has 2 bridgehead atoms. The molecule has 5 nitrogen and oxygen atoms in total. The zero-order chi connectivity index (χ0) is 20.1. The maximum atomic E-state index is 10.8. The summed E-state index contributed by atoms with van der Waals surface area (Å²) in [7, 11) is 0. The first kappa shape index (κ1) is 20.7. The Balaban J connectivity index is 1.34. The highest BCUT2D eigenvalue weighted by Crippen LogP contribution is 2.37. The highest BCUT2D eigenvalue weighted by atomic mass is 16.3. The molecule has 0 radical (unpaired) electrons. The van der Waals surface area contributed by atoms with E-state index in [1.807, 2.05) is 0 Å². The molecule has 160 valence electrons. The van der Waals surface area contributed by atoms with Crippen LogP contribution in [0.2, 0.25) is 0 Å². The minimum absolute atomic E-state index is 0.471. The van der Waals surface area contributed by atoms with Crippen LogP contribution in [-0.4, -0.2) is 52.8 Å². The Morgan fingerprint density at radius 2 is 1.79 bits per heavy atom. The fourth-order valence-corrected chi connectivity index (χ4v) is 5.55. The van der Waals surface area contributed by atoms with Crippen molar-refractivity contribution in [1.29, 1.82) is 0 Å². The second-order valence-electron chi connectivity index (χ2n) is 9.34. The summed E-state index contributed by atoms with van der Waals surface area (Å²) in [5.74, 6) is 0.882. The number of guanidine groups is 1. The molecule has 0 aromatic heterocycles. The monoisotopic (exact) mass is 398 g/mol. The van der Waals surface area contributed by atoms with E-state index in [-0.39, 0.29) is 0 Å². The molecule has 3 fully saturated rings. The average Bonchev–Trinajstić information content (AvgIpc) is 2.96. The second kappa shape index (κ2) is 9.48. The van der Waals surface area contributed by atoms with Gasteiger partial charge in [0.1, 0.15) is 0 Å². The van der Waals surface area contributed by atoms with Crippen LogP contribution in [0.1, 0.15) is 70.3 Å². The number of hydrogen-bond acceptors (Lipinski definition) is 3. The van der Waals surface area contributed by atoms with Gasteiger partial charge in [0, 0.05) is 31.2 Å². The topological polar surface area (TPSA) is 59.9 Å². The third kappa shape index (κ3) is 5.32. The fourth-order valence-electron chi connectivity index (χ4n) is 5.55. The molecule has 2 heterocycles. The zero-order valence-electron chi connectivity index (χ0n) is 17.9. The molecule has 29 heavy (non-hydrogen) atoms. The van der Waals surface area contributed by atoms with Crippen molar-refractivity contribution in [3.05, 3.63) is 35.9 Å².